The highest BCUT2D eigenvalue weighted by molar-refractivity contribution is 5.19. The van der Waals surface area contributed by atoms with Gasteiger partial charge < -0.3 is 19.5 Å². The van der Waals surface area contributed by atoms with Gasteiger partial charge in [-0.15, -0.1) is 0 Å². The Kier molecular flexibility index (Phi) is 4.74. The van der Waals surface area contributed by atoms with E-state index in [1.54, 1.807) is 7.11 Å². The van der Waals surface area contributed by atoms with Gasteiger partial charge in [-0.2, -0.15) is 0 Å². The van der Waals surface area contributed by atoms with Gasteiger partial charge in [-0.1, -0.05) is 0 Å². The van der Waals surface area contributed by atoms with E-state index in [1.807, 2.05) is 0 Å². The van der Waals surface area contributed by atoms with Crippen molar-refractivity contribution in [3.05, 3.63) is 17.2 Å². The number of nitrogens with one attached hydrogen (secondary N) is 1. The highest BCUT2D eigenvalue weighted by Crippen LogP contribution is 2.15. The molecule has 0 unspecified atom stereocenters. The van der Waals surface area contributed by atoms with E-state index >= 15 is 0 Å². The summed E-state index contributed by atoms with van der Waals surface area (Å²) in [7, 11) is 3.89. The fourth-order valence-corrected chi connectivity index (χ4v) is 2.43. The zero-order valence-corrected chi connectivity index (χ0v) is 11.7. The number of fused-ring (bicyclic) bond motifs is 1. The number of hydrogen-bond acceptors (Lipinski definition) is 4. The van der Waals surface area contributed by atoms with Crippen LogP contribution < -0.4 is 5.32 Å². The minimum absolute atomic E-state index is 0.793. The van der Waals surface area contributed by atoms with Crippen LogP contribution in [-0.4, -0.2) is 54.8 Å². The largest absolute Gasteiger partial charge is 0.383 e. The van der Waals surface area contributed by atoms with Crippen LogP contribution in [0.3, 0.4) is 0 Å². The van der Waals surface area contributed by atoms with E-state index in [9.17, 15) is 0 Å². The standard InChI is InChI=1S/C13H24N4O/c1-11-15-12-10-14-5-4-13(12)17(11)7-6-16(2)8-9-18-3/h14H,4-10H2,1-3H3. The lowest BCUT2D eigenvalue weighted by atomic mass is 10.2. The second kappa shape index (κ2) is 6.31. The van der Waals surface area contributed by atoms with Crippen molar-refractivity contribution in [1.82, 2.24) is 19.8 Å². The van der Waals surface area contributed by atoms with E-state index in [0.29, 0.717) is 0 Å². The van der Waals surface area contributed by atoms with Crippen molar-refractivity contribution in [2.45, 2.75) is 26.4 Å². The maximum Gasteiger partial charge on any atom is 0.106 e. The maximum absolute atomic E-state index is 5.09. The Hall–Kier alpha value is -0.910. The van der Waals surface area contributed by atoms with E-state index in [0.717, 1.165) is 51.6 Å². The molecule has 0 fully saturated rings. The van der Waals surface area contributed by atoms with E-state index in [-0.39, 0.29) is 0 Å². The number of ether oxygens (including phenoxy) is 1. The quantitative estimate of drug-likeness (QED) is 0.796. The smallest absolute Gasteiger partial charge is 0.106 e. The van der Waals surface area contributed by atoms with Gasteiger partial charge in [0.1, 0.15) is 5.82 Å². The van der Waals surface area contributed by atoms with E-state index in [2.05, 4.69) is 33.7 Å². The summed E-state index contributed by atoms with van der Waals surface area (Å²) in [4.78, 5) is 6.95. The predicted octanol–water partition coefficient (Wildman–Crippen LogP) is 0.415. The molecule has 2 heterocycles. The Morgan fingerprint density at radius 2 is 2.28 bits per heavy atom. The highest BCUT2D eigenvalue weighted by atomic mass is 16.5. The molecule has 0 aliphatic carbocycles. The van der Waals surface area contributed by atoms with Crippen LogP contribution in [0.5, 0.6) is 0 Å². The Balaban J connectivity index is 1.94. The second-order valence-corrected chi connectivity index (χ2v) is 4.93. The summed E-state index contributed by atoms with van der Waals surface area (Å²) >= 11 is 0. The first-order valence-electron chi connectivity index (χ1n) is 6.65. The summed E-state index contributed by atoms with van der Waals surface area (Å²) in [5, 5.41) is 3.37. The summed E-state index contributed by atoms with van der Waals surface area (Å²) in [6.45, 7) is 7.93. The summed E-state index contributed by atoms with van der Waals surface area (Å²) in [5.74, 6) is 1.14. The number of rotatable bonds is 6. The summed E-state index contributed by atoms with van der Waals surface area (Å²) in [6, 6.07) is 0. The summed E-state index contributed by atoms with van der Waals surface area (Å²) in [5.41, 5.74) is 2.66. The monoisotopic (exact) mass is 252 g/mol. The molecule has 0 saturated carbocycles. The van der Waals surface area contributed by atoms with Gasteiger partial charge >= 0.3 is 0 Å². The molecule has 0 amide bonds. The lowest BCUT2D eigenvalue weighted by molar-refractivity contribution is 0.159. The van der Waals surface area contributed by atoms with E-state index < -0.39 is 0 Å². The molecule has 102 valence electrons. The molecule has 0 spiro atoms. The average molecular weight is 252 g/mol. The first kappa shape index (κ1) is 13.5. The summed E-state index contributed by atoms with van der Waals surface area (Å²) in [6.07, 6.45) is 1.10. The van der Waals surface area contributed by atoms with Crippen LogP contribution in [0.15, 0.2) is 0 Å². The third kappa shape index (κ3) is 3.10. The number of nitrogens with zero attached hydrogens (tertiary/aromatic N) is 3. The second-order valence-electron chi connectivity index (χ2n) is 4.93. The molecule has 5 heteroatoms. The van der Waals surface area contributed by atoms with Crippen molar-refractivity contribution in [2.75, 3.05) is 40.4 Å². The lowest BCUT2D eigenvalue weighted by Crippen LogP contribution is -2.29. The number of aryl methyl sites for hydroxylation is 1. The number of hydrogen-bond donors (Lipinski definition) is 1. The molecule has 0 bridgehead atoms. The number of aromatic nitrogens is 2. The molecule has 1 N–H and O–H groups in total. The minimum Gasteiger partial charge on any atom is -0.383 e. The molecule has 0 saturated heterocycles. The number of methoxy groups -OCH3 is 1. The van der Waals surface area contributed by atoms with Crippen LogP contribution >= 0.6 is 0 Å². The molecular weight excluding hydrogens is 228 g/mol. The van der Waals surface area contributed by atoms with Crippen LogP contribution in [0.25, 0.3) is 0 Å². The molecule has 0 aromatic carbocycles. The van der Waals surface area contributed by atoms with Crippen molar-refractivity contribution < 1.29 is 4.74 Å². The van der Waals surface area contributed by atoms with Gasteiger partial charge in [0.2, 0.25) is 0 Å². The van der Waals surface area contributed by atoms with Crippen LogP contribution in [0.4, 0.5) is 0 Å². The number of likely N-dealkylation sites (N-methyl/N-ethyl adjacent to an activating group) is 1. The highest BCUT2D eigenvalue weighted by Gasteiger charge is 2.17. The van der Waals surface area contributed by atoms with Crippen LogP contribution in [-0.2, 0) is 24.2 Å². The van der Waals surface area contributed by atoms with Gasteiger partial charge in [0, 0.05) is 51.9 Å². The van der Waals surface area contributed by atoms with Crippen molar-refractivity contribution in [1.29, 1.82) is 0 Å². The van der Waals surface area contributed by atoms with Crippen molar-refractivity contribution in [3.63, 3.8) is 0 Å². The normalized spacial score (nSPS) is 15.1. The fraction of sp³-hybridized carbons (Fsp3) is 0.769. The van der Waals surface area contributed by atoms with Crippen LogP contribution in [0, 0.1) is 6.92 Å². The Morgan fingerprint density at radius 1 is 1.44 bits per heavy atom. The first-order chi connectivity index (χ1) is 8.72. The zero-order chi connectivity index (χ0) is 13.0. The van der Waals surface area contributed by atoms with Gasteiger partial charge in [0.05, 0.1) is 12.3 Å². The third-order valence-electron chi connectivity index (χ3n) is 3.56. The van der Waals surface area contributed by atoms with Crippen molar-refractivity contribution in [2.24, 2.45) is 0 Å². The molecular formula is C13H24N4O. The van der Waals surface area contributed by atoms with Crippen molar-refractivity contribution >= 4 is 0 Å². The van der Waals surface area contributed by atoms with Gasteiger partial charge in [-0.05, 0) is 14.0 Å². The van der Waals surface area contributed by atoms with Crippen molar-refractivity contribution in [3.8, 4) is 0 Å². The fourth-order valence-electron chi connectivity index (χ4n) is 2.43. The summed E-state index contributed by atoms with van der Waals surface area (Å²) < 4.78 is 7.47. The number of imidazole rings is 1. The molecule has 0 radical (unpaired) electrons. The molecule has 2 rings (SSSR count). The van der Waals surface area contributed by atoms with Crippen LogP contribution in [0.1, 0.15) is 17.2 Å². The van der Waals surface area contributed by atoms with Crippen LogP contribution in [0.2, 0.25) is 0 Å². The first-order valence-corrected chi connectivity index (χ1v) is 6.65. The van der Waals surface area contributed by atoms with E-state index in [1.165, 1.54) is 11.4 Å². The zero-order valence-electron chi connectivity index (χ0n) is 11.7. The topological polar surface area (TPSA) is 42.3 Å². The van der Waals surface area contributed by atoms with Gasteiger partial charge in [-0.3, -0.25) is 0 Å². The molecule has 1 aliphatic rings. The van der Waals surface area contributed by atoms with Gasteiger partial charge in [0.25, 0.3) is 0 Å². The third-order valence-corrected chi connectivity index (χ3v) is 3.56. The maximum atomic E-state index is 5.09. The molecule has 5 nitrogen and oxygen atoms in total. The Bertz CT molecular complexity index is 389. The Morgan fingerprint density at radius 3 is 3.06 bits per heavy atom. The molecule has 18 heavy (non-hydrogen) atoms. The van der Waals surface area contributed by atoms with Gasteiger partial charge in [-0.25, -0.2) is 4.98 Å². The van der Waals surface area contributed by atoms with Gasteiger partial charge in [0.15, 0.2) is 0 Å². The molecule has 1 aromatic rings. The molecule has 0 atom stereocenters. The van der Waals surface area contributed by atoms with E-state index in [4.69, 9.17) is 4.74 Å². The predicted molar refractivity (Wildman–Crippen MR) is 71.7 cm³/mol. The lowest BCUT2D eigenvalue weighted by Gasteiger charge is -2.19. The Labute approximate surface area is 109 Å². The molecule has 1 aliphatic heterocycles. The SMILES string of the molecule is COCCN(C)CCn1c(C)nc2c1CCNC2. The molecule has 1 aromatic heterocycles. The average Bonchev–Trinajstić information content (AvgIpc) is 2.69. The minimum atomic E-state index is 0.793.